The van der Waals surface area contributed by atoms with Crippen molar-refractivity contribution in [3.63, 3.8) is 0 Å². The smallest absolute Gasteiger partial charge is 0.0943 e. The van der Waals surface area contributed by atoms with E-state index in [1.807, 2.05) is 6.26 Å². The predicted molar refractivity (Wildman–Crippen MR) is 35.9 cm³/mol. The maximum Gasteiger partial charge on any atom is 0.0943 e. The Hall–Kier alpha value is -0.720. The summed E-state index contributed by atoms with van der Waals surface area (Å²) in [4.78, 5) is 0. The molecule has 2 aliphatic rings. The van der Waals surface area contributed by atoms with Gasteiger partial charge in [-0.25, -0.2) is 0 Å². The van der Waals surface area contributed by atoms with Crippen LogP contribution in [0.4, 0.5) is 0 Å². The molecule has 1 aliphatic heterocycles. The Morgan fingerprint density at radius 3 is 3.44 bits per heavy atom. The first kappa shape index (κ1) is 5.10. The van der Waals surface area contributed by atoms with Gasteiger partial charge in [0.1, 0.15) is 0 Å². The Balaban J connectivity index is 2.24. The van der Waals surface area contributed by atoms with Crippen LogP contribution in [0.5, 0.6) is 0 Å². The highest BCUT2D eigenvalue weighted by atomic mass is 16.5. The summed E-state index contributed by atoms with van der Waals surface area (Å²) in [6.45, 7) is 0.916. The summed E-state index contributed by atoms with van der Waals surface area (Å²) in [7, 11) is 0. The van der Waals surface area contributed by atoms with E-state index in [1.165, 1.54) is 18.4 Å². The zero-order valence-corrected chi connectivity index (χ0v) is 5.34. The number of allylic oxidation sites excluding steroid dienone is 2. The van der Waals surface area contributed by atoms with Crippen molar-refractivity contribution in [2.45, 2.75) is 12.8 Å². The fourth-order valence-electron chi connectivity index (χ4n) is 1.40. The molecule has 0 saturated carbocycles. The molecule has 1 nitrogen and oxygen atoms in total. The van der Waals surface area contributed by atoms with Crippen LogP contribution in [-0.4, -0.2) is 6.61 Å². The molecular formula is C8H10O. The van der Waals surface area contributed by atoms with Gasteiger partial charge in [0.15, 0.2) is 0 Å². The van der Waals surface area contributed by atoms with E-state index >= 15 is 0 Å². The summed E-state index contributed by atoms with van der Waals surface area (Å²) in [5.41, 5.74) is 1.39. The second kappa shape index (κ2) is 1.90. The molecule has 48 valence electrons. The summed E-state index contributed by atoms with van der Waals surface area (Å²) < 4.78 is 5.18. The molecular weight excluding hydrogens is 112 g/mol. The van der Waals surface area contributed by atoms with Crippen molar-refractivity contribution >= 4 is 0 Å². The molecule has 0 bridgehead atoms. The normalized spacial score (nSPS) is 31.1. The molecule has 0 amide bonds. The average Bonchev–Trinajstić information content (AvgIpc) is 2.33. The van der Waals surface area contributed by atoms with Gasteiger partial charge in [-0.3, -0.25) is 0 Å². The Kier molecular flexibility index (Phi) is 1.08. The number of fused-ring (bicyclic) bond motifs is 1. The average molecular weight is 122 g/mol. The van der Waals surface area contributed by atoms with Crippen LogP contribution in [0.3, 0.4) is 0 Å². The molecule has 9 heavy (non-hydrogen) atoms. The minimum atomic E-state index is 0.718. The lowest BCUT2D eigenvalue weighted by Gasteiger charge is -2.11. The quantitative estimate of drug-likeness (QED) is 0.476. The fourth-order valence-corrected chi connectivity index (χ4v) is 1.40. The van der Waals surface area contributed by atoms with Gasteiger partial charge in [0.25, 0.3) is 0 Å². The molecule has 0 aromatic carbocycles. The van der Waals surface area contributed by atoms with Gasteiger partial charge in [0.05, 0.1) is 12.9 Å². The third kappa shape index (κ3) is 0.766. The summed E-state index contributed by atoms with van der Waals surface area (Å²) in [5, 5.41) is 0. The third-order valence-electron chi connectivity index (χ3n) is 1.98. The summed E-state index contributed by atoms with van der Waals surface area (Å²) in [6.07, 6.45) is 8.80. The Morgan fingerprint density at radius 1 is 1.56 bits per heavy atom. The van der Waals surface area contributed by atoms with E-state index in [0.29, 0.717) is 0 Å². The van der Waals surface area contributed by atoms with E-state index in [1.54, 1.807) is 0 Å². The minimum absolute atomic E-state index is 0.718. The van der Waals surface area contributed by atoms with Crippen molar-refractivity contribution < 1.29 is 4.74 Å². The molecule has 0 saturated heterocycles. The molecule has 0 aromatic heterocycles. The topological polar surface area (TPSA) is 9.23 Å². The molecule has 1 atom stereocenters. The molecule has 1 unspecified atom stereocenters. The molecule has 0 N–H and O–H groups in total. The van der Waals surface area contributed by atoms with Gasteiger partial charge in [0.2, 0.25) is 0 Å². The molecule has 2 rings (SSSR count). The van der Waals surface area contributed by atoms with Crippen molar-refractivity contribution in [3.05, 3.63) is 24.0 Å². The van der Waals surface area contributed by atoms with Gasteiger partial charge in [0, 0.05) is 5.92 Å². The fraction of sp³-hybridized carbons (Fsp3) is 0.500. The van der Waals surface area contributed by atoms with Crippen molar-refractivity contribution in [3.8, 4) is 0 Å². The van der Waals surface area contributed by atoms with Crippen LogP contribution in [0.2, 0.25) is 0 Å². The molecule has 0 aromatic rings. The van der Waals surface area contributed by atoms with Crippen LogP contribution < -0.4 is 0 Å². The minimum Gasteiger partial charge on any atom is -0.500 e. The van der Waals surface area contributed by atoms with Crippen molar-refractivity contribution in [1.29, 1.82) is 0 Å². The second-order valence-electron chi connectivity index (χ2n) is 2.63. The maximum atomic E-state index is 5.18. The van der Waals surface area contributed by atoms with E-state index in [0.717, 1.165) is 12.5 Å². The van der Waals surface area contributed by atoms with Crippen molar-refractivity contribution in [2.24, 2.45) is 5.92 Å². The highest BCUT2D eigenvalue weighted by Gasteiger charge is 2.19. The monoisotopic (exact) mass is 122 g/mol. The molecule has 1 aliphatic carbocycles. The summed E-state index contributed by atoms with van der Waals surface area (Å²) in [6, 6.07) is 0. The third-order valence-corrected chi connectivity index (χ3v) is 1.98. The highest BCUT2D eigenvalue weighted by Crippen LogP contribution is 2.28. The lowest BCUT2D eigenvalue weighted by atomic mass is 9.92. The van der Waals surface area contributed by atoms with Gasteiger partial charge >= 0.3 is 0 Å². The first-order valence-electron chi connectivity index (χ1n) is 3.45. The van der Waals surface area contributed by atoms with Gasteiger partial charge in [-0.2, -0.15) is 0 Å². The first-order chi connectivity index (χ1) is 4.47. The Bertz CT molecular complexity index is 167. The molecule has 1 heteroatoms. The first-order valence-corrected chi connectivity index (χ1v) is 3.45. The van der Waals surface area contributed by atoms with E-state index in [2.05, 4.69) is 12.2 Å². The lowest BCUT2D eigenvalue weighted by molar-refractivity contribution is 0.244. The zero-order valence-electron chi connectivity index (χ0n) is 5.34. The van der Waals surface area contributed by atoms with Crippen LogP contribution in [0.25, 0.3) is 0 Å². The Labute approximate surface area is 55.0 Å². The number of hydrogen-bond acceptors (Lipinski definition) is 1. The van der Waals surface area contributed by atoms with Crippen LogP contribution in [0.1, 0.15) is 12.8 Å². The predicted octanol–water partition coefficient (Wildman–Crippen LogP) is 1.87. The summed E-state index contributed by atoms with van der Waals surface area (Å²) >= 11 is 0. The molecule has 0 radical (unpaired) electrons. The largest absolute Gasteiger partial charge is 0.500 e. The standard InChI is InChI=1S/C8H10O/c1-2-4-8-6-9-5-7(8)3-1/h1,3,5,8H,2,4,6H2. The molecule has 0 fully saturated rings. The lowest BCUT2D eigenvalue weighted by Crippen LogP contribution is -2.05. The van der Waals surface area contributed by atoms with Crippen LogP contribution in [-0.2, 0) is 4.74 Å². The van der Waals surface area contributed by atoms with Gasteiger partial charge in [-0.1, -0.05) is 12.2 Å². The van der Waals surface area contributed by atoms with E-state index in [-0.39, 0.29) is 0 Å². The van der Waals surface area contributed by atoms with Crippen LogP contribution in [0, 0.1) is 5.92 Å². The Morgan fingerprint density at radius 2 is 2.56 bits per heavy atom. The van der Waals surface area contributed by atoms with Crippen molar-refractivity contribution in [1.82, 2.24) is 0 Å². The number of rotatable bonds is 0. The maximum absolute atomic E-state index is 5.18. The highest BCUT2D eigenvalue weighted by molar-refractivity contribution is 5.25. The molecule has 1 heterocycles. The number of hydrogen-bond donors (Lipinski definition) is 0. The van der Waals surface area contributed by atoms with Crippen LogP contribution >= 0.6 is 0 Å². The van der Waals surface area contributed by atoms with Gasteiger partial charge < -0.3 is 4.74 Å². The van der Waals surface area contributed by atoms with E-state index < -0.39 is 0 Å². The zero-order chi connectivity index (χ0) is 6.10. The van der Waals surface area contributed by atoms with Crippen molar-refractivity contribution in [2.75, 3.05) is 6.61 Å². The van der Waals surface area contributed by atoms with Gasteiger partial charge in [-0.15, -0.1) is 0 Å². The molecule has 0 spiro atoms. The van der Waals surface area contributed by atoms with Crippen LogP contribution in [0.15, 0.2) is 24.0 Å². The SMILES string of the molecule is C1=CC2=COCC2CC1. The van der Waals surface area contributed by atoms with E-state index in [9.17, 15) is 0 Å². The summed E-state index contributed by atoms with van der Waals surface area (Å²) in [5.74, 6) is 0.718. The van der Waals surface area contributed by atoms with E-state index in [4.69, 9.17) is 4.74 Å². The second-order valence-corrected chi connectivity index (χ2v) is 2.63. The van der Waals surface area contributed by atoms with Gasteiger partial charge in [-0.05, 0) is 18.4 Å². The number of ether oxygens (including phenoxy) is 1.